The minimum absolute atomic E-state index is 0.146. The number of carbonyl (C=O) groups is 1. The maximum absolute atomic E-state index is 12.4. The van der Waals surface area contributed by atoms with Crippen LogP contribution < -0.4 is 5.32 Å². The standard InChI is InChI=1S/C16H13ClN2O/c1-10-6-7-11(17)8-15(10)19-16(20)13-9-18-14-5-3-2-4-12(13)14/h2-9,18H,1H3,(H,19,20). The van der Waals surface area contributed by atoms with Crippen molar-refractivity contribution in [3.8, 4) is 0 Å². The van der Waals surface area contributed by atoms with Gasteiger partial charge in [0.25, 0.3) is 5.91 Å². The average molecular weight is 285 g/mol. The molecule has 0 aliphatic rings. The van der Waals surface area contributed by atoms with Gasteiger partial charge in [-0.3, -0.25) is 4.79 Å². The molecule has 3 aromatic rings. The highest BCUT2D eigenvalue weighted by Crippen LogP contribution is 2.23. The van der Waals surface area contributed by atoms with Gasteiger partial charge in [-0.2, -0.15) is 0 Å². The molecule has 0 atom stereocenters. The van der Waals surface area contributed by atoms with Crippen molar-refractivity contribution < 1.29 is 4.79 Å². The molecule has 0 fully saturated rings. The van der Waals surface area contributed by atoms with Crippen molar-refractivity contribution in [2.24, 2.45) is 0 Å². The first kappa shape index (κ1) is 12.8. The van der Waals surface area contributed by atoms with Crippen molar-refractivity contribution in [1.29, 1.82) is 0 Å². The summed E-state index contributed by atoms with van der Waals surface area (Å²) < 4.78 is 0. The third kappa shape index (κ3) is 2.28. The van der Waals surface area contributed by atoms with Gasteiger partial charge in [0.05, 0.1) is 5.56 Å². The van der Waals surface area contributed by atoms with Crippen LogP contribution in [0.25, 0.3) is 10.9 Å². The van der Waals surface area contributed by atoms with E-state index in [2.05, 4.69) is 10.3 Å². The van der Waals surface area contributed by atoms with Gasteiger partial charge in [0.15, 0.2) is 0 Å². The summed E-state index contributed by atoms with van der Waals surface area (Å²) in [6, 6.07) is 13.1. The Balaban J connectivity index is 1.95. The van der Waals surface area contributed by atoms with E-state index in [1.807, 2.05) is 37.3 Å². The molecule has 2 aromatic carbocycles. The lowest BCUT2D eigenvalue weighted by molar-refractivity contribution is 0.102. The minimum atomic E-state index is -0.146. The first-order chi connectivity index (χ1) is 9.65. The van der Waals surface area contributed by atoms with Crippen LogP contribution in [0.4, 0.5) is 5.69 Å². The molecule has 0 spiro atoms. The molecule has 1 aromatic heterocycles. The van der Waals surface area contributed by atoms with E-state index in [0.717, 1.165) is 22.2 Å². The first-order valence-corrected chi connectivity index (χ1v) is 6.66. The lowest BCUT2D eigenvalue weighted by Crippen LogP contribution is -2.12. The summed E-state index contributed by atoms with van der Waals surface area (Å²) in [7, 11) is 0. The number of rotatable bonds is 2. The van der Waals surface area contributed by atoms with Crippen LogP contribution in [0.2, 0.25) is 5.02 Å². The Labute approximate surface area is 121 Å². The fourth-order valence-electron chi connectivity index (χ4n) is 2.18. The van der Waals surface area contributed by atoms with Gasteiger partial charge >= 0.3 is 0 Å². The number of nitrogens with one attached hydrogen (secondary N) is 2. The number of fused-ring (bicyclic) bond motifs is 1. The highest BCUT2D eigenvalue weighted by atomic mass is 35.5. The van der Waals surface area contributed by atoms with Crippen LogP contribution >= 0.6 is 11.6 Å². The monoisotopic (exact) mass is 284 g/mol. The molecule has 0 unspecified atom stereocenters. The largest absolute Gasteiger partial charge is 0.360 e. The van der Waals surface area contributed by atoms with Crippen LogP contribution in [-0.2, 0) is 0 Å². The van der Waals surface area contributed by atoms with E-state index in [4.69, 9.17) is 11.6 Å². The van der Waals surface area contributed by atoms with Crippen molar-refractivity contribution in [3.63, 3.8) is 0 Å². The number of para-hydroxylation sites is 1. The number of aromatic amines is 1. The zero-order valence-electron chi connectivity index (χ0n) is 10.9. The van der Waals surface area contributed by atoms with Gasteiger partial charge in [-0.1, -0.05) is 35.9 Å². The molecule has 0 saturated carbocycles. The topological polar surface area (TPSA) is 44.9 Å². The van der Waals surface area contributed by atoms with Gasteiger partial charge in [-0.05, 0) is 30.7 Å². The van der Waals surface area contributed by atoms with Crippen LogP contribution in [0.1, 0.15) is 15.9 Å². The van der Waals surface area contributed by atoms with Crippen LogP contribution in [0.15, 0.2) is 48.7 Å². The number of halogens is 1. The Kier molecular flexibility index (Phi) is 3.20. The molecular weight excluding hydrogens is 272 g/mol. The number of aromatic nitrogens is 1. The number of hydrogen-bond donors (Lipinski definition) is 2. The third-order valence-corrected chi connectivity index (χ3v) is 3.52. The number of carbonyl (C=O) groups excluding carboxylic acids is 1. The van der Waals surface area contributed by atoms with E-state index in [9.17, 15) is 4.79 Å². The summed E-state index contributed by atoms with van der Waals surface area (Å²) in [5.74, 6) is -0.146. The Morgan fingerprint density at radius 1 is 1.20 bits per heavy atom. The quantitative estimate of drug-likeness (QED) is 0.720. The zero-order valence-corrected chi connectivity index (χ0v) is 11.7. The lowest BCUT2D eigenvalue weighted by Gasteiger charge is -2.08. The fourth-order valence-corrected chi connectivity index (χ4v) is 2.35. The summed E-state index contributed by atoms with van der Waals surface area (Å²) in [5.41, 5.74) is 3.27. The lowest BCUT2D eigenvalue weighted by atomic mass is 10.1. The Morgan fingerprint density at radius 3 is 2.85 bits per heavy atom. The molecule has 0 bridgehead atoms. The second kappa shape index (κ2) is 5.02. The van der Waals surface area contributed by atoms with Crippen LogP contribution in [0.5, 0.6) is 0 Å². The molecule has 3 nitrogen and oxygen atoms in total. The number of benzene rings is 2. The zero-order chi connectivity index (χ0) is 14.1. The molecule has 0 aliphatic carbocycles. The summed E-state index contributed by atoms with van der Waals surface area (Å²) >= 11 is 5.96. The van der Waals surface area contributed by atoms with Crippen molar-refractivity contribution in [2.45, 2.75) is 6.92 Å². The van der Waals surface area contributed by atoms with Crippen molar-refractivity contribution in [2.75, 3.05) is 5.32 Å². The van der Waals surface area contributed by atoms with Gasteiger partial charge in [-0.25, -0.2) is 0 Å². The number of amides is 1. The predicted octanol–water partition coefficient (Wildman–Crippen LogP) is 4.38. The maximum atomic E-state index is 12.4. The van der Waals surface area contributed by atoms with Crippen LogP contribution in [0, 0.1) is 6.92 Å². The highest BCUT2D eigenvalue weighted by Gasteiger charge is 2.12. The average Bonchev–Trinajstić information content (AvgIpc) is 2.87. The Hall–Kier alpha value is -2.26. The number of anilines is 1. The van der Waals surface area contributed by atoms with Crippen molar-refractivity contribution in [1.82, 2.24) is 4.98 Å². The number of H-pyrrole nitrogens is 1. The second-order valence-electron chi connectivity index (χ2n) is 4.66. The van der Waals surface area contributed by atoms with E-state index < -0.39 is 0 Å². The normalized spacial score (nSPS) is 10.7. The predicted molar refractivity (Wildman–Crippen MR) is 82.4 cm³/mol. The molecule has 0 radical (unpaired) electrons. The third-order valence-electron chi connectivity index (χ3n) is 3.28. The summed E-state index contributed by atoms with van der Waals surface area (Å²) in [6.07, 6.45) is 1.72. The molecular formula is C16H13ClN2O. The van der Waals surface area contributed by atoms with Gasteiger partial charge in [-0.15, -0.1) is 0 Å². The maximum Gasteiger partial charge on any atom is 0.257 e. The molecule has 3 rings (SSSR count). The Morgan fingerprint density at radius 2 is 2.00 bits per heavy atom. The van der Waals surface area contributed by atoms with E-state index in [-0.39, 0.29) is 5.91 Å². The molecule has 2 N–H and O–H groups in total. The molecule has 0 saturated heterocycles. The van der Waals surface area contributed by atoms with E-state index in [1.165, 1.54) is 0 Å². The van der Waals surface area contributed by atoms with Gasteiger partial charge in [0, 0.05) is 27.8 Å². The molecule has 1 amide bonds. The highest BCUT2D eigenvalue weighted by molar-refractivity contribution is 6.31. The van der Waals surface area contributed by atoms with Crippen molar-refractivity contribution in [3.05, 3.63) is 64.8 Å². The van der Waals surface area contributed by atoms with E-state index in [1.54, 1.807) is 18.3 Å². The number of aryl methyl sites for hydroxylation is 1. The second-order valence-corrected chi connectivity index (χ2v) is 5.10. The van der Waals surface area contributed by atoms with Crippen molar-refractivity contribution >= 4 is 34.1 Å². The van der Waals surface area contributed by atoms with Gasteiger partial charge < -0.3 is 10.3 Å². The number of hydrogen-bond acceptors (Lipinski definition) is 1. The molecule has 20 heavy (non-hydrogen) atoms. The van der Waals surface area contributed by atoms with E-state index >= 15 is 0 Å². The minimum Gasteiger partial charge on any atom is -0.360 e. The smallest absolute Gasteiger partial charge is 0.257 e. The first-order valence-electron chi connectivity index (χ1n) is 6.29. The van der Waals surface area contributed by atoms with E-state index in [0.29, 0.717) is 10.6 Å². The molecule has 0 aliphatic heterocycles. The summed E-state index contributed by atoms with van der Waals surface area (Å²) in [5, 5.41) is 4.41. The molecule has 1 heterocycles. The fraction of sp³-hybridized carbons (Fsp3) is 0.0625. The summed E-state index contributed by atoms with van der Waals surface area (Å²) in [6.45, 7) is 1.93. The van der Waals surface area contributed by atoms with Gasteiger partial charge in [0.2, 0.25) is 0 Å². The Bertz CT molecular complexity index is 792. The summed E-state index contributed by atoms with van der Waals surface area (Å²) in [4.78, 5) is 15.5. The van der Waals surface area contributed by atoms with Crippen LogP contribution in [0.3, 0.4) is 0 Å². The van der Waals surface area contributed by atoms with Crippen LogP contribution in [-0.4, -0.2) is 10.9 Å². The SMILES string of the molecule is Cc1ccc(Cl)cc1NC(=O)c1c[nH]c2ccccc12. The van der Waals surface area contributed by atoms with Gasteiger partial charge in [0.1, 0.15) is 0 Å². The molecule has 100 valence electrons. The molecule has 4 heteroatoms.